The highest BCUT2D eigenvalue weighted by molar-refractivity contribution is 5.80. The Morgan fingerprint density at radius 2 is 2.11 bits per heavy atom. The maximum absolute atomic E-state index is 4.65. The van der Waals surface area contributed by atoms with E-state index in [4.69, 9.17) is 0 Å². The molecule has 0 spiro atoms. The molecule has 104 valence electrons. The van der Waals surface area contributed by atoms with E-state index >= 15 is 0 Å². The van der Waals surface area contributed by atoms with Crippen LogP contribution in [-0.2, 0) is 6.42 Å². The number of aryl methyl sites for hydroxylation is 2. The highest BCUT2D eigenvalue weighted by atomic mass is 15.2. The molecule has 2 N–H and O–H groups in total. The SMILES string of the molecule is CCNC(=NCCc1ccc(C)cc1C)NC1CC1. The second kappa shape index (κ2) is 6.60. The molecule has 1 aliphatic rings. The summed E-state index contributed by atoms with van der Waals surface area (Å²) in [5.74, 6) is 0.967. The predicted octanol–water partition coefficient (Wildman–Crippen LogP) is 2.56. The lowest BCUT2D eigenvalue weighted by molar-refractivity contribution is 0.807. The van der Waals surface area contributed by atoms with E-state index < -0.39 is 0 Å². The lowest BCUT2D eigenvalue weighted by Gasteiger charge is -2.10. The van der Waals surface area contributed by atoms with Gasteiger partial charge in [-0.25, -0.2) is 0 Å². The highest BCUT2D eigenvalue weighted by Crippen LogP contribution is 2.18. The summed E-state index contributed by atoms with van der Waals surface area (Å²) in [6, 6.07) is 7.30. The summed E-state index contributed by atoms with van der Waals surface area (Å²) in [5.41, 5.74) is 4.10. The van der Waals surface area contributed by atoms with Gasteiger partial charge >= 0.3 is 0 Å². The molecular weight excluding hydrogens is 234 g/mol. The fraction of sp³-hybridized carbons (Fsp3) is 0.562. The van der Waals surface area contributed by atoms with Crippen LogP contribution in [0.15, 0.2) is 23.2 Å². The fourth-order valence-corrected chi connectivity index (χ4v) is 2.16. The molecule has 0 bridgehead atoms. The van der Waals surface area contributed by atoms with E-state index in [9.17, 15) is 0 Å². The molecular formula is C16H25N3. The van der Waals surface area contributed by atoms with Crippen molar-refractivity contribution in [1.82, 2.24) is 10.6 Å². The lowest BCUT2D eigenvalue weighted by Crippen LogP contribution is -2.38. The Balaban J connectivity index is 1.88. The van der Waals surface area contributed by atoms with Gasteiger partial charge in [-0.2, -0.15) is 0 Å². The van der Waals surface area contributed by atoms with E-state index in [0.717, 1.165) is 25.5 Å². The van der Waals surface area contributed by atoms with Crippen LogP contribution >= 0.6 is 0 Å². The predicted molar refractivity (Wildman–Crippen MR) is 81.8 cm³/mol. The van der Waals surface area contributed by atoms with Gasteiger partial charge in [0.05, 0.1) is 0 Å². The third-order valence-electron chi connectivity index (χ3n) is 3.41. The van der Waals surface area contributed by atoms with E-state index in [0.29, 0.717) is 6.04 Å². The topological polar surface area (TPSA) is 36.4 Å². The van der Waals surface area contributed by atoms with Gasteiger partial charge in [0, 0.05) is 19.1 Å². The molecule has 1 aromatic rings. The molecule has 0 aliphatic heterocycles. The summed E-state index contributed by atoms with van der Waals surface area (Å²) in [4.78, 5) is 4.65. The maximum Gasteiger partial charge on any atom is 0.191 e. The third kappa shape index (κ3) is 4.58. The number of guanidine groups is 1. The monoisotopic (exact) mass is 259 g/mol. The molecule has 1 aromatic carbocycles. The molecule has 1 fully saturated rings. The largest absolute Gasteiger partial charge is 0.357 e. The van der Waals surface area contributed by atoms with Crippen molar-refractivity contribution in [2.45, 2.75) is 46.1 Å². The molecule has 2 rings (SSSR count). The normalized spacial score (nSPS) is 15.4. The summed E-state index contributed by atoms with van der Waals surface area (Å²) < 4.78 is 0. The molecule has 3 heteroatoms. The van der Waals surface area contributed by atoms with Crippen LogP contribution in [0.3, 0.4) is 0 Å². The summed E-state index contributed by atoms with van der Waals surface area (Å²) in [6.07, 6.45) is 3.57. The second-order valence-electron chi connectivity index (χ2n) is 5.36. The molecule has 0 unspecified atom stereocenters. The Kier molecular flexibility index (Phi) is 4.83. The van der Waals surface area contributed by atoms with Crippen LogP contribution < -0.4 is 10.6 Å². The molecule has 0 amide bonds. The van der Waals surface area contributed by atoms with Crippen molar-refractivity contribution in [3.63, 3.8) is 0 Å². The zero-order chi connectivity index (χ0) is 13.7. The average Bonchev–Trinajstić information content (AvgIpc) is 3.16. The van der Waals surface area contributed by atoms with Crippen molar-refractivity contribution in [3.8, 4) is 0 Å². The molecule has 1 saturated carbocycles. The van der Waals surface area contributed by atoms with E-state index in [-0.39, 0.29) is 0 Å². The van der Waals surface area contributed by atoms with Crippen LogP contribution in [-0.4, -0.2) is 25.1 Å². The quantitative estimate of drug-likeness (QED) is 0.630. The Bertz CT molecular complexity index is 447. The van der Waals surface area contributed by atoms with Crippen LogP contribution in [0.2, 0.25) is 0 Å². The Morgan fingerprint density at radius 3 is 2.74 bits per heavy atom. The third-order valence-corrected chi connectivity index (χ3v) is 3.41. The molecule has 1 aliphatic carbocycles. The smallest absolute Gasteiger partial charge is 0.191 e. The average molecular weight is 259 g/mol. The van der Waals surface area contributed by atoms with E-state index in [1.165, 1.54) is 29.5 Å². The van der Waals surface area contributed by atoms with Gasteiger partial charge in [0.15, 0.2) is 5.96 Å². The van der Waals surface area contributed by atoms with E-state index in [1.54, 1.807) is 0 Å². The zero-order valence-electron chi connectivity index (χ0n) is 12.3. The number of hydrogen-bond acceptors (Lipinski definition) is 1. The number of benzene rings is 1. The van der Waals surface area contributed by atoms with Gasteiger partial charge in [-0.05, 0) is 51.2 Å². The van der Waals surface area contributed by atoms with Crippen molar-refractivity contribution in [1.29, 1.82) is 0 Å². The van der Waals surface area contributed by atoms with Crippen molar-refractivity contribution < 1.29 is 0 Å². The molecule has 3 nitrogen and oxygen atoms in total. The molecule has 0 aromatic heterocycles. The minimum atomic E-state index is 0.652. The van der Waals surface area contributed by atoms with Gasteiger partial charge in [0.2, 0.25) is 0 Å². The van der Waals surface area contributed by atoms with Crippen molar-refractivity contribution in [2.75, 3.05) is 13.1 Å². The minimum Gasteiger partial charge on any atom is -0.357 e. The molecule has 0 radical (unpaired) electrons. The maximum atomic E-state index is 4.65. The van der Waals surface area contributed by atoms with E-state index in [2.05, 4.69) is 54.6 Å². The van der Waals surface area contributed by atoms with Crippen LogP contribution in [0, 0.1) is 13.8 Å². The minimum absolute atomic E-state index is 0.652. The Labute approximate surface area is 116 Å². The van der Waals surface area contributed by atoms with Gasteiger partial charge in [0.25, 0.3) is 0 Å². The molecule has 0 saturated heterocycles. The van der Waals surface area contributed by atoms with Crippen molar-refractivity contribution >= 4 is 5.96 Å². The summed E-state index contributed by atoms with van der Waals surface area (Å²) in [6.45, 7) is 8.18. The summed E-state index contributed by atoms with van der Waals surface area (Å²) in [5, 5.41) is 6.74. The zero-order valence-corrected chi connectivity index (χ0v) is 12.3. The molecule has 0 heterocycles. The molecule has 19 heavy (non-hydrogen) atoms. The first-order chi connectivity index (χ1) is 9.19. The van der Waals surface area contributed by atoms with Gasteiger partial charge < -0.3 is 10.6 Å². The number of nitrogens with zero attached hydrogens (tertiary/aromatic N) is 1. The molecule has 0 atom stereocenters. The number of hydrogen-bond donors (Lipinski definition) is 2. The van der Waals surface area contributed by atoms with Crippen LogP contribution in [0.5, 0.6) is 0 Å². The first-order valence-corrected chi connectivity index (χ1v) is 7.30. The van der Waals surface area contributed by atoms with Crippen molar-refractivity contribution in [3.05, 3.63) is 34.9 Å². The standard InChI is InChI=1S/C16H25N3/c1-4-17-16(19-15-7-8-15)18-10-9-14-6-5-12(2)11-13(14)3/h5-6,11,15H,4,7-10H2,1-3H3,(H2,17,18,19). The van der Waals surface area contributed by atoms with Gasteiger partial charge in [-0.15, -0.1) is 0 Å². The van der Waals surface area contributed by atoms with Crippen LogP contribution in [0.1, 0.15) is 36.5 Å². The van der Waals surface area contributed by atoms with Gasteiger partial charge in [0.1, 0.15) is 0 Å². The number of aliphatic imine (C=N–C) groups is 1. The summed E-state index contributed by atoms with van der Waals surface area (Å²) >= 11 is 0. The number of nitrogens with one attached hydrogen (secondary N) is 2. The first kappa shape index (κ1) is 13.9. The van der Waals surface area contributed by atoms with Crippen molar-refractivity contribution in [2.24, 2.45) is 4.99 Å². The highest BCUT2D eigenvalue weighted by Gasteiger charge is 2.21. The Hall–Kier alpha value is -1.51. The van der Waals surface area contributed by atoms with E-state index in [1.807, 2.05) is 0 Å². The fourth-order valence-electron chi connectivity index (χ4n) is 2.16. The van der Waals surface area contributed by atoms with Gasteiger partial charge in [-0.3, -0.25) is 4.99 Å². The number of rotatable bonds is 5. The van der Waals surface area contributed by atoms with Gasteiger partial charge in [-0.1, -0.05) is 23.8 Å². The first-order valence-electron chi connectivity index (χ1n) is 7.30. The lowest BCUT2D eigenvalue weighted by atomic mass is 10.0. The van der Waals surface area contributed by atoms with Crippen LogP contribution in [0.25, 0.3) is 0 Å². The van der Waals surface area contributed by atoms with Crippen LogP contribution in [0.4, 0.5) is 0 Å². The Morgan fingerprint density at radius 1 is 1.32 bits per heavy atom. The summed E-state index contributed by atoms with van der Waals surface area (Å²) in [7, 11) is 0. The second-order valence-corrected chi connectivity index (χ2v) is 5.36.